The fraction of sp³-hybridized carbons (Fsp3) is 0.350. The van der Waals surface area contributed by atoms with Crippen LogP contribution in [0.3, 0.4) is 0 Å². The third-order valence-corrected chi connectivity index (χ3v) is 5.16. The number of nitrogens with zero attached hydrogens (tertiary/aromatic N) is 3. The van der Waals surface area contributed by atoms with E-state index in [0.717, 1.165) is 26.2 Å². The summed E-state index contributed by atoms with van der Waals surface area (Å²) in [5, 5.41) is 0. The van der Waals surface area contributed by atoms with Crippen LogP contribution in [0.5, 0.6) is 0 Å². The van der Waals surface area contributed by atoms with E-state index in [0.29, 0.717) is 0 Å². The number of benzene rings is 2. The Bertz CT molecular complexity index is 658. The lowest BCUT2D eigenvalue weighted by atomic mass is 9.86. The second kappa shape index (κ2) is 6.17. The number of para-hydroxylation sites is 1. The molecule has 0 aromatic heterocycles. The molecule has 0 N–H and O–H groups in total. The van der Waals surface area contributed by atoms with Crippen molar-refractivity contribution in [2.75, 3.05) is 24.5 Å². The quantitative estimate of drug-likeness (QED) is 0.863. The van der Waals surface area contributed by atoms with Crippen LogP contribution in [0.1, 0.15) is 18.4 Å². The van der Waals surface area contributed by atoms with Gasteiger partial charge < -0.3 is 4.90 Å². The summed E-state index contributed by atoms with van der Waals surface area (Å²) < 4.78 is 0. The molecule has 2 aliphatic heterocycles. The number of rotatable bonds is 3. The highest BCUT2D eigenvalue weighted by molar-refractivity contribution is 5.83. The van der Waals surface area contributed by atoms with E-state index in [2.05, 4.69) is 75.5 Å². The molecule has 1 spiro atoms. The Morgan fingerprint density at radius 3 is 2.22 bits per heavy atom. The molecule has 1 fully saturated rings. The minimum absolute atomic E-state index is 0.189. The first-order valence-electron chi connectivity index (χ1n) is 8.46. The monoisotopic (exact) mass is 305 g/mol. The molecule has 4 rings (SSSR count). The van der Waals surface area contributed by atoms with Crippen molar-refractivity contribution in [3.63, 3.8) is 0 Å². The van der Waals surface area contributed by atoms with Gasteiger partial charge in [0.2, 0.25) is 0 Å². The van der Waals surface area contributed by atoms with E-state index in [-0.39, 0.29) is 5.54 Å². The molecule has 2 heterocycles. The van der Waals surface area contributed by atoms with Crippen LogP contribution in [0.4, 0.5) is 5.69 Å². The van der Waals surface area contributed by atoms with Crippen molar-refractivity contribution in [2.45, 2.75) is 24.9 Å². The van der Waals surface area contributed by atoms with Crippen molar-refractivity contribution in [3.05, 3.63) is 66.2 Å². The van der Waals surface area contributed by atoms with Crippen molar-refractivity contribution in [1.82, 2.24) is 4.90 Å². The van der Waals surface area contributed by atoms with E-state index >= 15 is 0 Å². The highest BCUT2D eigenvalue weighted by Gasteiger charge is 2.42. The molecular weight excluding hydrogens is 282 g/mol. The maximum atomic E-state index is 4.61. The fourth-order valence-electron chi connectivity index (χ4n) is 3.79. The van der Waals surface area contributed by atoms with Gasteiger partial charge in [0.05, 0.1) is 18.4 Å². The Hall–Kier alpha value is -2.13. The van der Waals surface area contributed by atoms with Crippen LogP contribution in [-0.4, -0.2) is 36.4 Å². The van der Waals surface area contributed by atoms with Crippen LogP contribution in [0.15, 0.2) is 65.7 Å². The molecule has 0 amide bonds. The molecule has 3 nitrogen and oxygen atoms in total. The van der Waals surface area contributed by atoms with Crippen molar-refractivity contribution < 1.29 is 0 Å². The van der Waals surface area contributed by atoms with Gasteiger partial charge in [-0.2, -0.15) is 0 Å². The Kier molecular flexibility index (Phi) is 3.88. The SMILES string of the molecule is C1=NCC2(CCN(Cc3ccccc3)CC2)N1c1ccccc1. The normalized spacial score (nSPS) is 20.3. The van der Waals surface area contributed by atoms with Crippen LogP contribution in [0.25, 0.3) is 0 Å². The highest BCUT2D eigenvalue weighted by Crippen LogP contribution is 2.35. The second-order valence-corrected chi connectivity index (χ2v) is 6.65. The third-order valence-electron chi connectivity index (χ3n) is 5.16. The predicted octanol–water partition coefficient (Wildman–Crippen LogP) is 3.57. The molecule has 3 heteroatoms. The van der Waals surface area contributed by atoms with Crippen LogP contribution in [0.2, 0.25) is 0 Å². The van der Waals surface area contributed by atoms with Gasteiger partial charge in [0.25, 0.3) is 0 Å². The molecule has 0 bridgehead atoms. The molecule has 0 unspecified atom stereocenters. The molecule has 118 valence electrons. The molecule has 23 heavy (non-hydrogen) atoms. The fourth-order valence-corrected chi connectivity index (χ4v) is 3.79. The zero-order valence-electron chi connectivity index (χ0n) is 13.4. The first-order chi connectivity index (χ1) is 11.4. The van der Waals surface area contributed by atoms with Crippen molar-refractivity contribution in [1.29, 1.82) is 0 Å². The van der Waals surface area contributed by atoms with Gasteiger partial charge in [0.15, 0.2) is 0 Å². The zero-order valence-corrected chi connectivity index (χ0v) is 13.4. The van der Waals surface area contributed by atoms with E-state index in [4.69, 9.17) is 0 Å². The van der Waals surface area contributed by atoms with Crippen LogP contribution < -0.4 is 4.90 Å². The summed E-state index contributed by atoms with van der Waals surface area (Å²) in [6.07, 6.45) is 4.39. The second-order valence-electron chi connectivity index (χ2n) is 6.65. The van der Waals surface area contributed by atoms with Gasteiger partial charge in [-0.05, 0) is 30.5 Å². The molecule has 2 aromatic carbocycles. The maximum Gasteiger partial charge on any atom is 0.0901 e. The lowest BCUT2D eigenvalue weighted by Gasteiger charge is -2.44. The molecule has 0 saturated carbocycles. The standard InChI is InChI=1S/C20H23N3/c1-3-7-18(8-4-1)15-22-13-11-20(12-14-22)16-21-17-23(20)19-9-5-2-6-10-19/h1-10,17H,11-16H2. The van der Waals surface area contributed by atoms with Crippen molar-refractivity contribution >= 4 is 12.0 Å². The molecule has 2 aliphatic rings. The number of aliphatic imine (C=N–C) groups is 1. The first-order valence-corrected chi connectivity index (χ1v) is 8.46. The van der Waals surface area contributed by atoms with Gasteiger partial charge in [-0.3, -0.25) is 9.89 Å². The number of likely N-dealkylation sites (tertiary alicyclic amines) is 1. The first kappa shape index (κ1) is 14.5. The summed E-state index contributed by atoms with van der Waals surface area (Å²) >= 11 is 0. The number of hydrogen-bond acceptors (Lipinski definition) is 3. The van der Waals surface area contributed by atoms with Gasteiger partial charge >= 0.3 is 0 Å². The Labute approximate surface area is 138 Å². The lowest BCUT2D eigenvalue weighted by Crippen LogP contribution is -2.54. The van der Waals surface area contributed by atoms with E-state index in [1.54, 1.807) is 0 Å². The largest absolute Gasteiger partial charge is 0.325 e. The summed E-state index contributed by atoms with van der Waals surface area (Å²) in [4.78, 5) is 9.59. The summed E-state index contributed by atoms with van der Waals surface area (Å²) in [5.41, 5.74) is 2.87. The smallest absolute Gasteiger partial charge is 0.0901 e. The molecule has 0 radical (unpaired) electrons. The van der Waals surface area contributed by atoms with Gasteiger partial charge in [-0.1, -0.05) is 48.5 Å². The molecule has 0 atom stereocenters. The van der Waals surface area contributed by atoms with E-state index in [9.17, 15) is 0 Å². The average molecular weight is 305 g/mol. The predicted molar refractivity (Wildman–Crippen MR) is 96.0 cm³/mol. The Morgan fingerprint density at radius 2 is 1.52 bits per heavy atom. The Morgan fingerprint density at radius 1 is 0.870 bits per heavy atom. The lowest BCUT2D eigenvalue weighted by molar-refractivity contribution is 0.165. The summed E-state index contributed by atoms with van der Waals surface area (Å²) in [7, 11) is 0. The summed E-state index contributed by atoms with van der Waals surface area (Å²) in [6.45, 7) is 4.27. The molecule has 0 aliphatic carbocycles. The van der Waals surface area contributed by atoms with Crippen LogP contribution >= 0.6 is 0 Å². The summed E-state index contributed by atoms with van der Waals surface area (Å²) in [5.74, 6) is 0. The van der Waals surface area contributed by atoms with E-state index in [1.165, 1.54) is 24.1 Å². The van der Waals surface area contributed by atoms with Gasteiger partial charge in [0.1, 0.15) is 0 Å². The zero-order chi connectivity index (χ0) is 15.5. The van der Waals surface area contributed by atoms with Gasteiger partial charge in [0, 0.05) is 25.3 Å². The molecular formula is C20H23N3. The number of piperidine rings is 1. The van der Waals surface area contributed by atoms with E-state index < -0.39 is 0 Å². The number of hydrogen-bond donors (Lipinski definition) is 0. The average Bonchev–Trinajstić information content (AvgIpc) is 3.02. The van der Waals surface area contributed by atoms with E-state index in [1.807, 2.05) is 6.34 Å². The topological polar surface area (TPSA) is 18.8 Å². The highest BCUT2D eigenvalue weighted by atomic mass is 15.3. The Balaban J connectivity index is 1.44. The third kappa shape index (κ3) is 2.89. The van der Waals surface area contributed by atoms with Crippen LogP contribution in [0, 0.1) is 0 Å². The minimum Gasteiger partial charge on any atom is -0.325 e. The minimum atomic E-state index is 0.189. The summed E-state index contributed by atoms with van der Waals surface area (Å²) in [6, 6.07) is 21.5. The van der Waals surface area contributed by atoms with Crippen molar-refractivity contribution in [3.8, 4) is 0 Å². The van der Waals surface area contributed by atoms with Gasteiger partial charge in [-0.25, -0.2) is 0 Å². The molecule has 1 saturated heterocycles. The van der Waals surface area contributed by atoms with Crippen LogP contribution in [-0.2, 0) is 6.54 Å². The maximum absolute atomic E-state index is 4.61. The van der Waals surface area contributed by atoms with Crippen molar-refractivity contribution in [2.24, 2.45) is 4.99 Å². The number of anilines is 1. The molecule has 2 aromatic rings. The van der Waals surface area contributed by atoms with Gasteiger partial charge in [-0.15, -0.1) is 0 Å².